The van der Waals surface area contributed by atoms with Crippen molar-refractivity contribution in [1.29, 1.82) is 0 Å². The molecule has 1 atom stereocenters. The fourth-order valence-corrected chi connectivity index (χ4v) is 1.62. The van der Waals surface area contributed by atoms with Gasteiger partial charge in [-0.3, -0.25) is 0 Å². The second kappa shape index (κ2) is 3.15. The lowest BCUT2D eigenvalue weighted by atomic mass is 10.3. The van der Waals surface area contributed by atoms with Gasteiger partial charge in [-0.15, -0.1) is 0 Å². The molecule has 0 aromatic carbocycles. The Hall–Kier alpha value is -1.03. The lowest BCUT2D eigenvalue weighted by Crippen LogP contribution is -2.29. The van der Waals surface area contributed by atoms with Crippen molar-refractivity contribution in [1.82, 2.24) is 15.3 Å². The molecule has 1 saturated heterocycles. The number of rotatable bonds is 2. The third kappa shape index (κ3) is 1.30. The molecule has 12 heavy (non-hydrogen) atoms. The van der Waals surface area contributed by atoms with Gasteiger partial charge in [-0.05, 0) is 13.5 Å². The zero-order valence-electron chi connectivity index (χ0n) is 7.25. The highest BCUT2D eigenvalue weighted by molar-refractivity contribution is 5.31. The molecule has 1 unspecified atom stereocenters. The summed E-state index contributed by atoms with van der Waals surface area (Å²) in [6.07, 6.45) is 4.86. The number of imidazole rings is 1. The Kier molecular flexibility index (Phi) is 1.99. The van der Waals surface area contributed by atoms with E-state index in [1.54, 1.807) is 6.20 Å². The highest BCUT2D eigenvalue weighted by Crippen LogP contribution is 2.14. The van der Waals surface area contributed by atoms with E-state index in [0.29, 0.717) is 6.04 Å². The maximum absolute atomic E-state index is 4.21. The number of likely N-dealkylation sites (N-methyl/N-ethyl adjacent to an activating group) is 1. The molecule has 0 bridgehead atoms. The van der Waals surface area contributed by atoms with Crippen LogP contribution in [-0.2, 0) is 0 Å². The van der Waals surface area contributed by atoms with Crippen LogP contribution in [0.15, 0.2) is 12.4 Å². The third-order valence-electron chi connectivity index (χ3n) is 2.38. The minimum absolute atomic E-state index is 0.620. The SMILES string of the molecule is CNC1CCN(c2ncc[nH]2)C1. The Morgan fingerprint density at radius 2 is 2.67 bits per heavy atom. The van der Waals surface area contributed by atoms with E-state index in [0.717, 1.165) is 19.0 Å². The Morgan fingerprint density at radius 3 is 3.25 bits per heavy atom. The minimum atomic E-state index is 0.620. The average Bonchev–Trinajstić information content (AvgIpc) is 2.75. The van der Waals surface area contributed by atoms with Crippen molar-refractivity contribution in [3.8, 4) is 0 Å². The lowest BCUT2D eigenvalue weighted by molar-refractivity contribution is 0.616. The molecule has 0 amide bonds. The van der Waals surface area contributed by atoms with Crippen molar-refractivity contribution in [3.05, 3.63) is 12.4 Å². The Morgan fingerprint density at radius 1 is 1.75 bits per heavy atom. The van der Waals surface area contributed by atoms with Crippen LogP contribution in [0.3, 0.4) is 0 Å². The Bertz CT molecular complexity index is 231. The van der Waals surface area contributed by atoms with Gasteiger partial charge >= 0.3 is 0 Å². The second-order valence-corrected chi connectivity index (χ2v) is 3.13. The third-order valence-corrected chi connectivity index (χ3v) is 2.38. The normalized spacial score (nSPS) is 23.4. The van der Waals surface area contributed by atoms with Gasteiger partial charge in [0.1, 0.15) is 0 Å². The second-order valence-electron chi connectivity index (χ2n) is 3.13. The quantitative estimate of drug-likeness (QED) is 0.660. The van der Waals surface area contributed by atoms with Crippen LogP contribution in [0.5, 0.6) is 0 Å². The number of aromatic amines is 1. The molecule has 66 valence electrons. The van der Waals surface area contributed by atoms with Crippen molar-refractivity contribution in [2.45, 2.75) is 12.5 Å². The molecule has 1 aromatic rings. The molecule has 2 rings (SSSR count). The molecule has 1 aliphatic heterocycles. The van der Waals surface area contributed by atoms with Gasteiger partial charge in [-0.25, -0.2) is 4.98 Å². The molecule has 0 spiro atoms. The molecule has 0 radical (unpaired) electrons. The molecular weight excluding hydrogens is 152 g/mol. The van der Waals surface area contributed by atoms with Crippen LogP contribution in [0.1, 0.15) is 6.42 Å². The van der Waals surface area contributed by atoms with Crippen LogP contribution in [0.2, 0.25) is 0 Å². The van der Waals surface area contributed by atoms with Crippen molar-refractivity contribution in [2.75, 3.05) is 25.0 Å². The fraction of sp³-hybridized carbons (Fsp3) is 0.625. The Labute approximate surface area is 72.0 Å². The van der Waals surface area contributed by atoms with Crippen LogP contribution >= 0.6 is 0 Å². The van der Waals surface area contributed by atoms with Gasteiger partial charge in [-0.2, -0.15) is 0 Å². The van der Waals surface area contributed by atoms with E-state index in [4.69, 9.17) is 0 Å². The van der Waals surface area contributed by atoms with Gasteiger partial charge in [0.25, 0.3) is 0 Å². The van der Waals surface area contributed by atoms with Crippen LogP contribution in [0.25, 0.3) is 0 Å². The van der Waals surface area contributed by atoms with Crippen molar-refractivity contribution >= 4 is 5.95 Å². The van der Waals surface area contributed by atoms with Gasteiger partial charge in [-0.1, -0.05) is 0 Å². The average molecular weight is 166 g/mol. The first kappa shape index (κ1) is 7.61. The van der Waals surface area contributed by atoms with E-state index in [1.165, 1.54) is 6.42 Å². The molecule has 2 N–H and O–H groups in total. The molecular formula is C8H14N4. The first-order valence-electron chi connectivity index (χ1n) is 4.32. The van der Waals surface area contributed by atoms with Crippen molar-refractivity contribution < 1.29 is 0 Å². The molecule has 0 saturated carbocycles. The molecule has 0 aliphatic carbocycles. The number of nitrogens with one attached hydrogen (secondary N) is 2. The molecule has 4 nitrogen and oxygen atoms in total. The summed E-state index contributed by atoms with van der Waals surface area (Å²) >= 11 is 0. The number of nitrogens with zero attached hydrogens (tertiary/aromatic N) is 2. The van der Waals surface area contributed by atoms with Crippen LogP contribution < -0.4 is 10.2 Å². The van der Waals surface area contributed by atoms with Gasteiger partial charge < -0.3 is 15.2 Å². The first-order chi connectivity index (χ1) is 5.90. The monoisotopic (exact) mass is 166 g/mol. The predicted octanol–water partition coefficient (Wildman–Crippen LogP) is 0.208. The lowest BCUT2D eigenvalue weighted by Gasteiger charge is -2.14. The van der Waals surface area contributed by atoms with Gasteiger partial charge in [0.05, 0.1) is 0 Å². The summed E-state index contributed by atoms with van der Waals surface area (Å²) in [4.78, 5) is 9.59. The number of H-pyrrole nitrogens is 1. The summed E-state index contributed by atoms with van der Waals surface area (Å²) in [6.45, 7) is 2.16. The number of aromatic nitrogens is 2. The topological polar surface area (TPSA) is 44.0 Å². The van der Waals surface area contributed by atoms with Gasteiger partial charge in [0.2, 0.25) is 5.95 Å². The highest BCUT2D eigenvalue weighted by Gasteiger charge is 2.21. The van der Waals surface area contributed by atoms with E-state index in [2.05, 4.69) is 20.2 Å². The molecule has 2 heterocycles. The molecule has 1 aromatic heterocycles. The van der Waals surface area contributed by atoms with Crippen LogP contribution in [-0.4, -0.2) is 36.1 Å². The van der Waals surface area contributed by atoms with E-state index in [1.807, 2.05) is 13.2 Å². The first-order valence-corrected chi connectivity index (χ1v) is 4.32. The standard InChI is InChI=1S/C8H14N4/c1-9-7-2-5-12(6-7)8-10-3-4-11-8/h3-4,7,9H,2,5-6H2,1H3,(H,10,11). The maximum atomic E-state index is 4.21. The molecule has 1 fully saturated rings. The minimum Gasteiger partial charge on any atom is -0.341 e. The smallest absolute Gasteiger partial charge is 0.202 e. The van der Waals surface area contributed by atoms with E-state index in [9.17, 15) is 0 Å². The zero-order chi connectivity index (χ0) is 8.39. The highest BCUT2D eigenvalue weighted by atomic mass is 15.3. The summed E-state index contributed by atoms with van der Waals surface area (Å²) in [6, 6.07) is 0.620. The molecule has 4 heteroatoms. The summed E-state index contributed by atoms with van der Waals surface area (Å²) in [5.41, 5.74) is 0. The fourth-order valence-electron chi connectivity index (χ4n) is 1.62. The predicted molar refractivity (Wildman–Crippen MR) is 48.3 cm³/mol. The van der Waals surface area contributed by atoms with E-state index in [-0.39, 0.29) is 0 Å². The maximum Gasteiger partial charge on any atom is 0.202 e. The van der Waals surface area contributed by atoms with E-state index >= 15 is 0 Å². The number of anilines is 1. The summed E-state index contributed by atoms with van der Waals surface area (Å²) < 4.78 is 0. The van der Waals surface area contributed by atoms with Crippen LogP contribution in [0, 0.1) is 0 Å². The van der Waals surface area contributed by atoms with Gasteiger partial charge in [0, 0.05) is 31.5 Å². The number of hydrogen-bond acceptors (Lipinski definition) is 3. The Balaban J connectivity index is 2.00. The van der Waals surface area contributed by atoms with Gasteiger partial charge in [0.15, 0.2) is 0 Å². The largest absolute Gasteiger partial charge is 0.341 e. The summed E-state index contributed by atoms with van der Waals surface area (Å²) in [5, 5.41) is 3.27. The zero-order valence-corrected chi connectivity index (χ0v) is 7.25. The summed E-state index contributed by atoms with van der Waals surface area (Å²) in [7, 11) is 2.01. The van der Waals surface area contributed by atoms with Crippen LogP contribution in [0.4, 0.5) is 5.95 Å². The van der Waals surface area contributed by atoms with Crippen molar-refractivity contribution in [3.63, 3.8) is 0 Å². The number of hydrogen-bond donors (Lipinski definition) is 2. The van der Waals surface area contributed by atoms with E-state index < -0.39 is 0 Å². The summed E-state index contributed by atoms with van der Waals surface area (Å²) in [5.74, 6) is 0.993. The molecule has 1 aliphatic rings. The van der Waals surface area contributed by atoms with Crippen molar-refractivity contribution in [2.24, 2.45) is 0 Å².